The Labute approximate surface area is 214 Å². The molecule has 37 heavy (non-hydrogen) atoms. The molecular weight excluding hydrogens is 471 g/mol. The van der Waals surface area contributed by atoms with Crippen LogP contribution in [0.25, 0.3) is 11.1 Å². The fourth-order valence-electron chi connectivity index (χ4n) is 5.19. The van der Waals surface area contributed by atoms with Crippen LogP contribution >= 0.6 is 0 Å². The summed E-state index contributed by atoms with van der Waals surface area (Å²) in [5.41, 5.74) is 3.24. The van der Waals surface area contributed by atoms with Crippen molar-refractivity contribution >= 4 is 17.7 Å². The molecule has 2 fully saturated rings. The lowest BCUT2D eigenvalue weighted by atomic mass is 9.91. The van der Waals surface area contributed by atoms with Crippen molar-refractivity contribution in [1.29, 1.82) is 0 Å². The Bertz CT molecular complexity index is 1310. The first-order valence-electron chi connectivity index (χ1n) is 12.5. The lowest BCUT2D eigenvalue weighted by Crippen LogP contribution is -2.25. The van der Waals surface area contributed by atoms with E-state index in [1.54, 1.807) is 30.3 Å². The molecule has 0 N–H and O–H groups in total. The molecule has 0 amide bonds. The Morgan fingerprint density at radius 2 is 1.73 bits per heavy atom. The van der Waals surface area contributed by atoms with E-state index in [0.717, 1.165) is 16.7 Å². The zero-order valence-corrected chi connectivity index (χ0v) is 20.2. The van der Waals surface area contributed by atoms with E-state index in [4.69, 9.17) is 9.47 Å². The van der Waals surface area contributed by atoms with Gasteiger partial charge in [0, 0.05) is 24.7 Å². The first kappa shape index (κ1) is 24.6. The van der Waals surface area contributed by atoms with Gasteiger partial charge in [-0.3, -0.25) is 9.59 Å². The predicted molar refractivity (Wildman–Crippen MR) is 136 cm³/mol. The van der Waals surface area contributed by atoms with Crippen molar-refractivity contribution < 1.29 is 28.2 Å². The number of carbonyl (C=O) groups excluding carboxylic acids is 3. The fraction of sp³-hybridized carbons (Fsp3) is 0.258. The van der Waals surface area contributed by atoms with Crippen molar-refractivity contribution in [2.24, 2.45) is 11.8 Å². The summed E-state index contributed by atoms with van der Waals surface area (Å²) in [4.78, 5) is 37.4. The van der Waals surface area contributed by atoms with E-state index in [-0.39, 0.29) is 48.4 Å². The number of hydrogen-bond donors (Lipinski definition) is 0. The van der Waals surface area contributed by atoms with Gasteiger partial charge < -0.3 is 9.47 Å². The van der Waals surface area contributed by atoms with Crippen LogP contribution in [0.15, 0.2) is 91.0 Å². The van der Waals surface area contributed by atoms with Gasteiger partial charge in [0.25, 0.3) is 0 Å². The normalized spacial score (nSPS) is 22.6. The predicted octanol–water partition coefficient (Wildman–Crippen LogP) is 5.73. The van der Waals surface area contributed by atoms with Crippen molar-refractivity contribution in [1.82, 2.24) is 0 Å². The number of rotatable bonds is 8. The van der Waals surface area contributed by atoms with Crippen molar-refractivity contribution in [3.05, 3.63) is 108 Å². The topological polar surface area (TPSA) is 69.7 Å². The molecule has 1 saturated heterocycles. The van der Waals surface area contributed by atoms with Gasteiger partial charge in [-0.25, -0.2) is 9.18 Å². The molecule has 3 aromatic rings. The van der Waals surface area contributed by atoms with Gasteiger partial charge in [0.05, 0.1) is 12.0 Å². The SMILES string of the molecule is O=C(/C=C/[C@@H]1[C@H]2CC(=O)O[C@H]2C[C@H]1OC(=O)c1ccc(-c2ccccc2)cc1)CCc1cccc(F)c1. The quantitative estimate of drug-likeness (QED) is 0.293. The number of halogens is 1. The van der Waals surface area contributed by atoms with Gasteiger partial charge in [0.2, 0.25) is 0 Å². The molecule has 0 radical (unpaired) electrons. The molecule has 188 valence electrons. The number of allylic oxidation sites excluding steroid dienone is 1. The average Bonchev–Trinajstić information content (AvgIpc) is 3.42. The van der Waals surface area contributed by atoms with Crippen molar-refractivity contribution in [2.45, 2.75) is 37.9 Å². The third-order valence-corrected chi connectivity index (χ3v) is 7.09. The van der Waals surface area contributed by atoms with Gasteiger partial charge in [-0.1, -0.05) is 60.7 Å². The summed E-state index contributed by atoms with van der Waals surface area (Å²) < 4.78 is 24.7. The van der Waals surface area contributed by atoms with E-state index in [9.17, 15) is 18.8 Å². The van der Waals surface area contributed by atoms with Crippen LogP contribution in [-0.2, 0) is 25.5 Å². The number of ketones is 1. The molecule has 4 atom stereocenters. The van der Waals surface area contributed by atoms with E-state index >= 15 is 0 Å². The van der Waals surface area contributed by atoms with Gasteiger partial charge in [-0.15, -0.1) is 0 Å². The third kappa shape index (κ3) is 5.85. The summed E-state index contributed by atoms with van der Waals surface area (Å²) in [6, 6.07) is 23.3. The van der Waals surface area contributed by atoms with E-state index in [1.165, 1.54) is 18.2 Å². The smallest absolute Gasteiger partial charge is 0.338 e. The van der Waals surface area contributed by atoms with E-state index in [0.29, 0.717) is 18.4 Å². The van der Waals surface area contributed by atoms with Crippen molar-refractivity contribution in [2.75, 3.05) is 0 Å². The summed E-state index contributed by atoms with van der Waals surface area (Å²) in [5, 5.41) is 0. The molecule has 1 aliphatic carbocycles. The number of fused-ring (bicyclic) bond motifs is 1. The van der Waals surface area contributed by atoms with Crippen LogP contribution in [0.1, 0.15) is 35.2 Å². The maximum absolute atomic E-state index is 13.4. The van der Waals surface area contributed by atoms with Crippen molar-refractivity contribution in [3.8, 4) is 11.1 Å². The molecule has 1 aliphatic heterocycles. The minimum atomic E-state index is -0.503. The minimum Gasteiger partial charge on any atom is -0.462 e. The van der Waals surface area contributed by atoms with E-state index in [2.05, 4.69) is 0 Å². The van der Waals surface area contributed by atoms with Crippen LogP contribution in [0.4, 0.5) is 4.39 Å². The monoisotopic (exact) mass is 498 g/mol. The molecule has 3 aromatic carbocycles. The zero-order valence-electron chi connectivity index (χ0n) is 20.2. The average molecular weight is 499 g/mol. The summed E-state index contributed by atoms with van der Waals surface area (Å²) >= 11 is 0. The first-order valence-corrected chi connectivity index (χ1v) is 12.5. The lowest BCUT2D eigenvalue weighted by Gasteiger charge is -2.20. The Kier molecular flexibility index (Phi) is 7.26. The Hall–Kier alpha value is -4.06. The fourth-order valence-corrected chi connectivity index (χ4v) is 5.19. The number of carbonyl (C=O) groups is 3. The molecule has 6 heteroatoms. The summed E-state index contributed by atoms with van der Waals surface area (Å²) in [7, 11) is 0. The molecule has 0 unspecified atom stereocenters. The highest BCUT2D eigenvalue weighted by Crippen LogP contribution is 2.43. The maximum atomic E-state index is 13.4. The first-order chi connectivity index (χ1) is 18.0. The summed E-state index contributed by atoms with van der Waals surface area (Å²) in [6.45, 7) is 0. The van der Waals surface area contributed by atoms with Crippen LogP contribution in [0, 0.1) is 17.7 Å². The standard InChI is InChI=1S/C31H27FO5/c32-24-8-4-5-20(17-24)9-14-25(33)15-16-26-27-18-30(34)36-29(27)19-28(26)37-31(35)23-12-10-22(11-13-23)21-6-2-1-3-7-21/h1-8,10-13,15-17,26-29H,9,14,18-19H2/b16-15+/t26-,27-,28-,29+/m1/s1. The molecular formula is C31H27FO5. The molecule has 0 aromatic heterocycles. The van der Waals surface area contributed by atoms with Crippen LogP contribution in [0.5, 0.6) is 0 Å². The molecule has 5 rings (SSSR count). The number of aryl methyl sites for hydroxylation is 1. The van der Waals surface area contributed by atoms with Gasteiger partial charge in [-0.05, 0) is 53.5 Å². The molecule has 1 heterocycles. The van der Waals surface area contributed by atoms with Gasteiger partial charge >= 0.3 is 11.9 Å². The number of benzene rings is 3. The van der Waals surface area contributed by atoms with Gasteiger partial charge in [0.15, 0.2) is 5.78 Å². The van der Waals surface area contributed by atoms with E-state index < -0.39 is 12.1 Å². The van der Waals surface area contributed by atoms with E-state index in [1.807, 2.05) is 42.5 Å². The maximum Gasteiger partial charge on any atom is 0.338 e. The highest BCUT2D eigenvalue weighted by Gasteiger charge is 2.50. The highest BCUT2D eigenvalue weighted by atomic mass is 19.1. The number of hydrogen-bond acceptors (Lipinski definition) is 5. The van der Waals surface area contributed by atoms with Crippen molar-refractivity contribution in [3.63, 3.8) is 0 Å². The highest BCUT2D eigenvalue weighted by molar-refractivity contribution is 5.91. The van der Waals surface area contributed by atoms with Gasteiger partial charge in [-0.2, -0.15) is 0 Å². The second kappa shape index (κ2) is 10.9. The second-order valence-corrected chi connectivity index (χ2v) is 9.55. The third-order valence-electron chi connectivity index (χ3n) is 7.09. The summed E-state index contributed by atoms with van der Waals surface area (Å²) in [6.07, 6.45) is 3.69. The zero-order chi connectivity index (χ0) is 25.8. The molecule has 2 aliphatic rings. The summed E-state index contributed by atoms with van der Waals surface area (Å²) in [5.74, 6) is -1.61. The Balaban J connectivity index is 1.24. The van der Waals surface area contributed by atoms with Crippen LogP contribution in [0.2, 0.25) is 0 Å². The molecule has 1 saturated carbocycles. The van der Waals surface area contributed by atoms with Crippen LogP contribution < -0.4 is 0 Å². The minimum absolute atomic E-state index is 0.112. The molecule has 0 spiro atoms. The lowest BCUT2D eigenvalue weighted by molar-refractivity contribution is -0.141. The number of ether oxygens (including phenoxy) is 2. The Morgan fingerprint density at radius 3 is 2.49 bits per heavy atom. The van der Waals surface area contributed by atoms with Crippen LogP contribution in [0.3, 0.4) is 0 Å². The largest absolute Gasteiger partial charge is 0.462 e. The second-order valence-electron chi connectivity index (χ2n) is 9.55. The van der Waals surface area contributed by atoms with Gasteiger partial charge in [0.1, 0.15) is 18.0 Å². The Morgan fingerprint density at radius 1 is 0.973 bits per heavy atom. The van der Waals surface area contributed by atoms with Crippen LogP contribution in [-0.4, -0.2) is 29.9 Å². The molecule has 5 nitrogen and oxygen atoms in total. The molecule has 0 bridgehead atoms. The number of esters is 2.